The Kier molecular flexibility index (Phi) is 6.83. The molecule has 0 aliphatic rings. The van der Waals surface area contributed by atoms with Crippen molar-refractivity contribution in [3.63, 3.8) is 0 Å². The number of likely N-dealkylation sites (N-methyl/N-ethyl adjacent to an activating group) is 1. The van der Waals surface area contributed by atoms with Crippen molar-refractivity contribution in [3.8, 4) is 0 Å². The van der Waals surface area contributed by atoms with E-state index in [1.807, 2.05) is 14.1 Å². The first-order valence-electron chi connectivity index (χ1n) is 6.55. The molecule has 19 heavy (non-hydrogen) atoms. The zero-order valence-electron chi connectivity index (χ0n) is 12.9. The van der Waals surface area contributed by atoms with Gasteiger partial charge in [0.05, 0.1) is 0 Å². The van der Waals surface area contributed by atoms with Crippen molar-refractivity contribution in [2.45, 2.75) is 32.7 Å². The topological polar surface area (TPSA) is 64.1 Å². The van der Waals surface area contributed by atoms with Crippen LogP contribution in [-0.4, -0.2) is 78.1 Å². The number of hydrogen-bond acceptors (Lipinski definition) is 3. The molecule has 0 heterocycles. The molecule has 0 saturated heterocycles. The minimum atomic E-state index is -1.19. The SMILES string of the molecule is CCN(C(=O)N(C)CCCN(C)C)C(C)(C)C(=O)O. The Labute approximate surface area is 116 Å². The average molecular weight is 273 g/mol. The van der Waals surface area contributed by atoms with Crippen molar-refractivity contribution in [1.82, 2.24) is 14.7 Å². The second kappa shape index (κ2) is 7.33. The molecule has 0 unspecified atom stereocenters. The summed E-state index contributed by atoms with van der Waals surface area (Å²) >= 11 is 0. The van der Waals surface area contributed by atoms with E-state index < -0.39 is 11.5 Å². The van der Waals surface area contributed by atoms with Gasteiger partial charge in [-0.05, 0) is 47.8 Å². The number of hydrogen-bond donors (Lipinski definition) is 1. The van der Waals surface area contributed by atoms with Crippen molar-refractivity contribution in [3.05, 3.63) is 0 Å². The van der Waals surface area contributed by atoms with Gasteiger partial charge in [-0.3, -0.25) is 0 Å². The third-order valence-electron chi connectivity index (χ3n) is 3.17. The fourth-order valence-electron chi connectivity index (χ4n) is 1.81. The van der Waals surface area contributed by atoms with Crippen LogP contribution >= 0.6 is 0 Å². The molecule has 6 nitrogen and oxygen atoms in total. The molecule has 2 amide bonds. The van der Waals surface area contributed by atoms with E-state index in [-0.39, 0.29) is 6.03 Å². The number of urea groups is 1. The van der Waals surface area contributed by atoms with Crippen molar-refractivity contribution >= 4 is 12.0 Å². The Morgan fingerprint density at radius 3 is 2.00 bits per heavy atom. The van der Waals surface area contributed by atoms with Gasteiger partial charge in [0, 0.05) is 20.1 Å². The van der Waals surface area contributed by atoms with Gasteiger partial charge in [-0.25, -0.2) is 9.59 Å². The monoisotopic (exact) mass is 273 g/mol. The van der Waals surface area contributed by atoms with Crippen LogP contribution < -0.4 is 0 Å². The molecular weight excluding hydrogens is 246 g/mol. The number of amides is 2. The number of nitrogens with zero attached hydrogens (tertiary/aromatic N) is 3. The van der Waals surface area contributed by atoms with Crippen LogP contribution in [0.4, 0.5) is 4.79 Å². The van der Waals surface area contributed by atoms with E-state index in [1.54, 1.807) is 32.7 Å². The Balaban J connectivity index is 4.63. The summed E-state index contributed by atoms with van der Waals surface area (Å²) < 4.78 is 0. The van der Waals surface area contributed by atoms with Gasteiger partial charge in [0.15, 0.2) is 0 Å². The van der Waals surface area contributed by atoms with Crippen LogP contribution in [0.2, 0.25) is 0 Å². The number of aliphatic carboxylic acids is 1. The molecule has 0 atom stereocenters. The molecule has 0 aromatic heterocycles. The molecule has 0 aromatic rings. The molecule has 1 N–H and O–H groups in total. The summed E-state index contributed by atoms with van der Waals surface area (Å²) in [6.07, 6.45) is 0.861. The highest BCUT2D eigenvalue weighted by atomic mass is 16.4. The summed E-state index contributed by atoms with van der Waals surface area (Å²) in [4.78, 5) is 28.5. The molecule has 112 valence electrons. The summed E-state index contributed by atoms with van der Waals surface area (Å²) in [7, 11) is 5.67. The predicted molar refractivity (Wildman–Crippen MR) is 75.3 cm³/mol. The van der Waals surface area contributed by atoms with E-state index >= 15 is 0 Å². The molecule has 0 aliphatic carbocycles. The molecular formula is C13H27N3O3. The van der Waals surface area contributed by atoms with Crippen molar-refractivity contribution in [2.24, 2.45) is 0 Å². The first-order valence-corrected chi connectivity index (χ1v) is 6.55. The molecule has 0 fully saturated rings. The molecule has 0 bridgehead atoms. The predicted octanol–water partition coefficient (Wildman–Crippen LogP) is 1.18. The second-order valence-electron chi connectivity index (χ2n) is 5.47. The number of carboxylic acids is 1. The van der Waals surface area contributed by atoms with Crippen LogP contribution in [0, 0.1) is 0 Å². The Morgan fingerprint density at radius 1 is 1.11 bits per heavy atom. The lowest BCUT2D eigenvalue weighted by Gasteiger charge is -2.37. The quantitative estimate of drug-likeness (QED) is 0.756. The molecule has 6 heteroatoms. The molecule has 0 aliphatic heterocycles. The van der Waals surface area contributed by atoms with E-state index in [4.69, 9.17) is 0 Å². The standard InChI is InChI=1S/C13H27N3O3/c1-7-16(13(2,3)11(17)18)12(19)15(6)10-8-9-14(4)5/h7-10H2,1-6H3,(H,17,18). The smallest absolute Gasteiger partial charge is 0.329 e. The molecule has 0 rings (SSSR count). The van der Waals surface area contributed by atoms with E-state index in [2.05, 4.69) is 4.90 Å². The maximum absolute atomic E-state index is 12.3. The third kappa shape index (κ3) is 5.06. The van der Waals surface area contributed by atoms with Crippen LogP contribution in [0.15, 0.2) is 0 Å². The number of rotatable bonds is 7. The second-order valence-corrected chi connectivity index (χ2v) is 5.47. The maximum atomic E-state index is 12.3. The number of carbonyl (C=O) groups is 2. The fourth-order valence-corrected chi connectivity index (χ4v) is 1.81. The lowest BCUT2D eigenvalue weighted by molar-refractivity contribution is -0.147. The largest absolute Gasteiger partial charge is 0.480 e. The van der Waals surface area contributed by atoms with Gasteiger partial charge in [-0.2, -0.15) is 0 Å². The van der Waals surface area contributed by atoms with Crippen molar-refractivity contribution < 1.29 is 14.7 Å². The lowest BCUT2D eigenvalue weighted by Crippen LogP contribution is -2.56. The van der Waals surface area contributed by atoms with Crippen LogP contribution in [0.1, 0.15) is 27.2 Å². The minimum Gasteiger partial charge on any atom is -0.480 e. The normalized spacial score (nSPS) is 11.5. The maximum Gasteiger partial charge on any atom is 0.329 e. The molecule has 0 aromatic carbocycles. The summed E-state index contributed by atoms with van der Waals surface area (Å²) in [6, 6.07) is -0.242. The van der Waals surface area contributed by atoms with E-state index in [9.17, 15) is 14.7 Å². The molecule has 0 saturated carbocycles. The number of carboxylic acid groups (broad SMARTS) is 1. The van der Waals surface area contributed by atoms with E-state index in [0.29, 0.717) is 13.1 Å². The Morgan fingerprint density at radius 2 is 1.63 bits per heavy atom. The Hall–Kier alpha value is -1.30. The average Bonchev–Trinajstić information content (AvgIpc) is 2.28. The van der Waals surface area contributed by atoms with Crippen LogP contribution in [0.25, 0.3) is 0 Å². The minimum absolute atomic E-state index is 0.242. The highest BCUT2D eigenvalue weighted by Gasteiger charge is 2.37. The van der Waals surface area contributed by atoms with E-state index in [1.165, 1.54) is 4.90 Å². The van der Waals surface area contributed by atoms with Crippen LogP contribution in [-0.2, 0) is 4.79 Å². The van der Waals surface area contributed by atoms with Gasteiger partial charge >= 0.3 is 12.0 Å². The van der Waals surface area contributed by atoms with Crippen LogP contribution in [0.3, 0.4) is 0 Å². The van der Waals surface area contributed by atoms with Gasteiger partial charge < -0.3 is 19.8 Å². The van der Waals surface area contributed by atoms with E-state index in [0.717, 1.165) is 13.0 Å². The summed E-state index contributed by atoms with van der Waals surface area (Å²) in [6.45, 7) is 6.76. The number of carbonyl (C=O) groups excluding carboxylic acids is 1. The van der Waals surface area contributed by atoms with Gasteiger partial charge in [-0.15, -0.1) is 0 Å². The van der Waals surface area contributed by atoms with Gasteiger partial charge in [0.25, 0.3) is 0 Å². The highest BCUT2D eigenvalue weighted by Crippen LogP contribution is 2.16. The summed E-state index contributed by atoms with van der Waals surface area (Å²) in [5.74, 6) is -0.996. The van der Waals surface area contributed by atoms with Gasteiger partial charge in [0.1, 0.15) is 5.54 Å². The zero-order valence-corrected chi connectivity index (χ0v) is 12.9. The Bertz CT molecular complexity index is 316. The van der Waals surface area contributed by atoms with Crippen molar-refractivity contribution in [1.29, 1.82) is 0 Å². The summed E-state index contributed by atoms with van der Waals surface area (Å²) in [5.41, 5.74) is -1.19. The third-order valence-corrected chi connectivity index (χ3v) is 3.17. The zero-order chi connectivity index (χ0) is 15.2. The molecule has 0 spiro atoms. The highest BCUT2D eigenvalue weighted by molar-refractivity contribution is 5.85. The summed E-state index contributed by atoms with van der Waals surface area (Å²) in [5, 5.41) is 9.20. The van der Waals surface area contributed by atoms with Gasteiger partial charge in [-0.1, -0.05) is 0 Å². The fraction of sp³-hybridized carbons (Fsp3) is 0.846. The van der Waals surface area contributed by atoms with Crippen LogP contribution in [0.5, 0.6) is 0 Å². The first kappa shape index (κ1) is 17.7. The van der Waals surface area contributed by atoms with Crippen molar-refractivity contribution in [2.75, 3.05) is 40.8 Å². The van der Waals surface area contributed by atoms with Gasteiger partial charge in [0.2, 0.25) is 0 Å². The lowest BCUT2D eigenvalue weighted by atomic mass is 10.0. The molecule has 0 radical (unpaired) electrons. The first-order chi connectivity index (χ1) is 8.64.